The van der Waals surface area contributed by atoms with E-state index in [0.29, 0.717) is 5.70 Å². The Morgan fingerprint density at radius 1 is 1.09 bits per heavy atom. The Balaban J connectivity index is 1.17. The van der Waals surface area contributed by atoms with Crippen molar-refractivity contribution < 1.29 is 45.0 Å². The second-order valence-electron chi connectivity index (χ2n) is 8.44. The first kappa shape index (κ1) is 25.2. The molecule has 2 aromatic rings. The molecule has 0 unspecified atom stereocenters. The zero-order valence-corrected chi connectivity index (χ0v) is 18.1. The summed E-state index contributed by atoms with van der Waals surface area (Å²) < 4.78 is 88.1. The van der Waals surface area contributed by atoms with Crippen molar-refractivity contribution in [3.8, 4) is 0 Å². The zero-order chi connectivity index (χ0) is 25.4. The highest BCUT2D eigenvalue weighted by atomic mass is 19.4. The smallest absolute Gasteiger partial charge is 0.425 e. The molecule has 192 valence electrons. The van der Waals surface area contributed by atoms with E-state index < -0.39 is 30.8 Å². The molecule has 9 nitrogen and oxygen atoms in total. The molecule has 15 heteroatoms. The Hall–Kier alpha value is -2.94. The lowest BCUT2D eigenvalue weighted by molar-refractivity contribution is -0.354. The van der Waals surface area contributed by atoms with Gasteiger partial charge in [0, 0.05) is 24.2 Å². The summed E-state index contributed by atoms with van der Waals surface area (Å²) in [5.41, 5.74) is 0.418. The van der Waals surface area contributed by atoms with Gasteiger partial charge < -0.3 is 9.73 Å². The van der Waals surface area contributed by atoms with Crippen LogP contribution in [0.3, 0.4) is 0 Å². The van der Waals surface area contributed by atoms with Crippen LogP contribution >= 0.6 is 0 Å². The van der Waals surface area contributed by atoms with Crippen molar-refractivity contribution in [3.63, 3.8) is 0 Å². The standard InChI is InChI=1S/C20H21F6N5O4/c1-10(2-3-16-28-29-18(33-16)11-6-13(7-11)34-19(21,22)23)27-17(32)15-4-5-31(30-15)12-8-14(9-12)35-20(24,25)26/h4-5,11-14H,1-3,6-9H2,(H,27,32)/t11-,12-,13+,14+. The molecule has 0 bridgehead atoms. The second-order valence-corrected chi connectivity index (χ2v) is 8.44. The molecule has 0 saturated heterocycles. The maximum Gasteiger partial charge on any atom is 0.522 e. The second kappa shape index (κ2) is 9.60. The van der Waals surface area contributed by atoms with Gasteiger partial charge in [0.05, 0.1) is 18.2 Å². The van der Waals surface area contributed by atoms with Gasteiger partial charge in [-0.15, -0.1) is 36.5 Å². The molecule has 1 amide bonds. The van der Waals surface area contributed by atoms with Crippen molar-refractivity contribution in [2.45, 2.75) is 75.4 Å². The normalized spacial score (nSPS) is 24.5. The van der Waals surface area contributed by atoms with E-state index in [0.717, 1.165) is 0 Å². The number of carbonyl (C=O) groups is 1. The summed E-state index contributed by atoms with van der Waals surface area (Å²) in [5.74, 6) is -0.346. The summed E-state index contributed by atoms with van der Waals surface area (Å²) in [4.78, 5) is 12.4. The number of nitrogens with one attached hydrogen (secondary N) is 1. The highest BCUT2D eigenvalue weighted by molar-refractivity contribution is 5.93. The van der Waals surface area contributed by atoms with E-state index in [2.05, 4.69) is 36.7 Å². The predicted octanol–water partition coefficient (Wildman–Crippen LogP) is 4.16. The van der Waals surface area contributed by atoms with Crippen LogP contribution in [-0.4, -0.2) is 50.8 Å². The maximum atomic E-state index is 12.4. The molecule has 2 fully saturated rings. The van der Waals surface area contributed by atoms with E-state index in [1.165, 1.54) is 16.9 Å². The number of carbonyl (C=O) groups excluding carboxylic acids is 1. The number of amides is 1. The lowest BCUT2D eigenvalue weighted by atomic mass is 9.82. The van der Waals surface area contributed by atoms with E-state index in [4.69, 9.17) is 4.42 Å². The van der Waals surface area contributed by atoms with E-state index in [1.54, 1.807) is 0 Å². The number of halogens is 6. The molecular weight excluding hydrogens is 488 g/mol. The molecule has 4 rings (SSSR count). The molecule has 2 heterocycles. The summed E-state index contributed by atoms with van der Waals surface area (Å²) in [6, 6.07) is 1.16. The molecule has 0 aliphatic heterocycles. The van der Waals surface area contributed by atoms with Gasteiger partial charge in [0.1, 0.15) is 0 Å². The fourth-order valence-corrected chi connectivity index (χ4v) is 3.83. The molecular formula is C20H21F6N5O4. The third-order valence-electron chi connectivity index (χ3n) is 5.74. The first-order valence-electron chi connectivity index (χ1n) is 10.7. The largest absolute Gasteiger partial charge is 0.522 e. The number of allylic oxidation sites excluding steroid dienone is 1. The average molecular weight is 509 g/mol. The van der Waals surface area contributed by atoms with Crippen LogP contribution in [0.1, 0.15) is 66.3 Å². The summed E-state index contributed by atoms with van der Waals surface area (Å²) in [6.45, 7) is 3.76. The highest BCUT2D eigenvalue weighted by Crippen LogP contribution is 2.41. The molecule has 0 atom stereocenters. The minimum Gasteiger partial charge on any atom is -0.425 e. The minimum atomic E-state index is -4.68. The quantitative estimate of drug-likeness (QED) is 0.506. The van der Waals surface area contributed by atoms with Crippen LogP contribution in [0, 0.1) is 0 Å². The van der Waals surface area contributed by atoms with Gasteiger partial charge in [0.25, 0.3) is 5.91 Å². The SMILES string of the molecule is C=C(CCc1nnc([C@H]2C[C@@H](OC(F)(F)F)C2)o1)NC(=O)c1ccn([C@H]2C[C@@H](OC(F)(F)F)C2)n1. The van der Waals surface area contributed by atoms with Crippen LogP contribution in [0.4, 0.5) is 26.3 Å². The summed E-state index contributed by atoms with van der Waals surface area (Å²) in [5, 5.41) is 14.4. The topological polar surface area (TPSA) is 104 Å². The molecule has 0 aromatic carbocycles. The number of aryl methyl sites for hydroxylation is 1. The highest BCUT2D eigenvalue weighted by Gasteiger charge is 2.43. The van der Waals surface area contributed by atoms with Gasteiger partial charge in [-0.2, -0.15) is 5.10 Å². The Labute approximate surface area is 194 Å². The number of hydrogen-bond acceptors (Lipinski definition) is 7. The lowest BCUT2D eigenvalue weighted by Crippen LogP contribution is -2.37. The molecule has 2 aliphatic carbocycles. The van der Waals surface area contributed by atoms with E-state index >= 15 is 0 Å². The summed E-state index contributed by atoms with van der Waals surface area (Å²) >= 11 is 0. The van der Waals surface area contributed by atoms with Crippen LogP contribution < -0.4 is 5.32 Å². The predicted molar refractivity (Wildman–Crippen MR) is 104 cm³/mol. The van der Waals surface area contributed by atoms with E-state index in [9.17, 15) is 31.1 Å². The zero-order valence-electron chi connectivity index (χ0n) is 18.1. The van der Waals surface area contributed by atoms with Crippen molar-refractivity contribution >= 4 is 5.91 Å². The summed E-state index contributed by atoms with van der Waals surface area (Å²) in [7, 11) is 0. The number of aromatic nitrogens is 4. The number of hydrogen-bond donors (Lipinski definition) is 1. The molecule has 2 aliphatic rings. The number of nitrogens with zero attached hydrogens (tertiary/aromatic N) is 4. The van der Waals surface area contributed by atoms with Crippen LogP contribution in [0.15, 0.2) is 29.0 Å². The van der Waals surface area contributed by atoms with Crippen LogP contribution in [-0.2, 0) is 15.9 Å². The number of alkyl halides is 6. The van der Waals surface area contributed by atoms with Gasteiger partial charge in [-0.05, 0) is 38.2 Å². The molecule has 35 heavy (non-hydrogen) atoms. The van der Waals surface area contributed by atoms with Crippen molar-refractivity contribution in [1.29, 1.82) is 0 Å². The monoisotopic (exact) mass is 509 g/mol. The first-order valence-corrected chi connectivity index (χ1v) is 10.7. The number of rotatable bonds is 9. The van der Waals surface area contributed by atoms with Gasteiger partial charge >= 0.3 is 12.7 Å². The van der Waals surface area contributed by atoms with Crippen molar-refractivity contribution in [2.75, 3.05) is 0 Å². The fraction of sp³-hybridized carbons (Fsp3) is 0.600. The van der Waals surface area contributed by atoms with Gasteiger partial charge in [-0.3, -0.25) is 19.0 Å². The summed E-state index contributed by atoms with van der Waals surface area (Å²) in [6.07, 6.45) is -8.65. The Morgan fingerprint density at radius 3 is 2.34 bits per heavy atom. The molecule has 0 spiro atoms. The number of ether oxygens (including phenoxy) is 2. The third-order valence-corrected chi connectivity index (χ3v) is 5.74. The Bertz CT molecular complexity index is 1050. The van der Waals surface area contributed by atoms with Gasteiger partial charge in [0.15, 0.2) is 5.69 Å². The third kappa shape index (κ3) is 6.81. The molecule has 2 saturated carbocycles. The van der Waals surface area contributed by atoms with Crippen molar-refractivity contribution in [2.24, 2.45) is 0 Å². The first-order chi connectivity index (χ1) is 16.3. The Kier molecular flexibility index (Phi) is 6.90. The van der Waals surface area contributed by atoms with Gasteiger partial charge in [0.2, 0.25) is 11.8 Å². The van der Waals surface area contributed by atoms with E-state index in [-0.39, 0.29) is 68.0 Å². The van der Waals surface area contributed by atoms with Crippen molar-refractivity contribution in [1.82, 2.24) is 25.3 Å². The minimum absolute atomic E-state index is 0.0760. The van der Waals surface area contributed by atoms with Crippen LogP contribution in [0.5, 0.6) is 0 Å². The van der Waals surface area contributed by atoms with Crippen LogP contribution in [0.25, 0.3) is 0 Å². The van der Waals surface area contributed by atoms with E-state index in [1.807, 2.05) is 0 Å². The maximum absolute atomic E-state index is 12.4. The Morgan fingerprint density at radius 2 is 1.71 bits per heavy atom. The fourth-order valence-electron chi connectivity index (χ4n) is 3.83. The lowest BCUT2D eigenvalue weighted by Gasteiger charge is -2.35. The molecule has 1 N–H and O–H groups in total. The van der Waals surface area contributed by atoms with Gasteiger partial charge in [-0.1, -0.05) is 6.58 Å². The van der Waals surface area contributed by atoms with Gasteiger partial charge in [-0.25, -0.2) is 0 Å². The van der Waals surface area contributed by atoms with Crippen molar-refractivity contribution in [3.05, 3.63) is 42.0 Å². The molecule has 2 aromatic heterocycles. The average Bonchev–Trinajstić information content (AvgIpc) is 3.33. The molecule has 0 radical (unpaired) electrons. The van der Waals surface area contributed by atoms with Crippen LogP contribution in [0.2, 0.25) is 0 Å².